The molecule has 0 amide bonds. The highest BCUT2D eigenvalue weighted by Crippen LogP contribution is 2.26. The largest absolute Gasteiger partial charge is 0.494 e. The molecule has 23 heavy (non-hydrogen) atoms. The highest BCUT2D eigenvalue weighted by Gasteiger charge is 2.14. The highest BCUT2D eigenvalue weighted by atomic mass is 32.1. The van der Waals surface area contributed by atoms with Gasteiger partial charge < -0.3 is 14.8 Å². The van der Waals surface area contributed by atoms with Crippen molar-refractivity contribution in [1.82, 2.24) is 5.32 Å². The summed E-state index contributed by atoms with van der Waals surface area (Å²) >= 11 is 1.71. The summed E-state index contributed by atoms with van der Waals surface area (Å²) in [6.45, 7) is 4.41. The van der Waals surface area contributed by atoms with Crippen molar-refractivity contribution in [2.24, 2.45) is 0 Å². The van der Waals surface area contributed by atoms with Crippen molar-refractivity contribution in [3.8, 4) is 5.75 Å². The molecular formula is C19H25NO2S. The molecule has 3 nitrogen and oxygen atoms in total. The van der Waals surface area contributed by atoms with Crippen molar-refractivity contribution < 1.29 is 9.47 Å². The van der Waals surface area contributed by atoms with Gasteiger partial charge in [-0.1, -0.05) is 12.1 Å². The maximum Gasteiger partial charge on any atom is 0.119 e. The first-order valence-corrected chi connectivity index (χ1v) is 9.38. The molecule has 0 bridgehead atoms. The topological polar surface area (TPSA) is 30.5 Å². The van der Waals surface area contributed by atoms with Crippen molar-refractivity contribution in [2.75, 3.05) is 26.3 Å². The number of hydrogen-bond acceptors (Lipinski definition) is 4. The number of piperidine rings is 1. The van der Waals surface area contributed by atoms with E-state index >= 15 is 0 Å². The average Bonchev–Trinajstić information content (AvgIpc) is 3.13. The summed E-state index contributed by atoms with van der Waals surface area (Å²) in [6.07, 6.45) is 3.39. The van der Waals surface area contributed by atoms with Gasteiger partial charge in [-0.15, -0.1) is 0 Å². The molecule has 1 aliphatic rings. The van der Waals surface area contributed by atoms with Gasteiger partial charge in [-0.2, -0.15) is 11.3 Å². The number of benzene rings is 1. The zero-order valence-corrected chi connectivity index (χ0v) is 14.3. The summed E-state index contributed by atoms with van der Waals surface area (Å²) < 4.78 is 11.4. The smallest absolute Gasteiger partial charge is 0.119 e. The Kier molecular flexibility index (Phi) is 6.50. The number of rotatable bonds is 8. The molecule has 0 atom stereocenters. The molecule has 1 N–H and O–H groups in total. The Morgan fingerprint density at radius 1 is 1.04 bits per heavy atom. The van der Waals surface area contributed by atoms with Gasteiger partial charge in [0.2, 0.25) is 0 Å². The van der Waals surface area contributed by atoms with Gasteiger partial charge in [-0.3, -0.25) is 0 Å². The van der Waals surface area contributed by atoms with Gasteiger partial charge >= 0.3 is 0 Å². The third-order valence-electron chi connectivity index (χ3n) is 4.24. The Morgan fingerprint density at radius 2 is 1.87 bits per heavy atom. The van der Waals surface area contributed by atoms with E-state index in [2.05, 4.69) is 46.4 Å². The summed E-state index contributed by atoms with van der Waals surface area (Å²) in [5, 5.41) is 7.62. The van der Waals surface area contributed by atoms with E-state index in [1.807, 2.05) is 0 Å². The molecule has 0 radical (unpaired) electrons. The Morgan fingerprint density at radius 3 is 2.61 bits per heavy atom. The van der Waals surface area contributed by atoms with Crippen LogP contribution in [-0.4, -0.2) is 26.3 Å². The standard InChI is InChI=1S/C19H25NO2S/c1(11-21-14-16-8-13-23-15-16)12-22-19-4-2-17(3-5-19)18-6-9-20-10-7-18/h2-5,8,13,15,18,20H,1,6-7,9-12,14H2. The van der Waals surface area contributed by atoms with E-state index in [1.165, 1.54) is 24.0 Å². The number of hydrogen-bond donors (Lipinski definition) is 1. The Balaban J connectivity index is 1.32. The van der Waals surface area contributed by atoms with Crippen molar-refractivity contribution in [3.63, 3.8) is 0 Å². The molecule has 1 aromatic carbocycles. The van der Waals surface area contributed by atoms with Gasteiger partial charge in [-0.25, -0.2) is 0 Å². The predicted octanol–water partition coefficient (Wildman–Crippen LogP) is 4.20. The van der Waals surface area contributed by atoms with E-state index in [4.69, 9.17) is 9.47 Å². The van der Waals surface area contributed by atoms with Crippen LogP contribution in [0.1, 0.15) is 36.3 Å². The van der Waals surface area contributed by atoms with Crippen LogP contribution >= 0.6 is 11.3 Å². The minimum Gasteiger partial charge on any atom is -0.494 e. The molecule has 2 aromatic rings. The van der Waals surface area contributed by atoms with E-state index < -0.39 is 0 Å². The van der Waals surface area contributed by atoms with Gasteiger partial charge in [-0.05, 0) is 71.9 Å². The van der Waals surface area contributed by atoms with Gasteiger partial charge in [0.1, 0.15) is 5.75 Å². The number of ether oxygens (including phenoxy) is 2. The lowest BCUT2D eigenvalue weighted by Crippen LogP contribution is -2.26. The van der Waals surface area contributed by atoms with Gasteiger partial charge in [0.15, 0.2) is 0 Å². The molecule has 3 rings (SSSR count). The van der Waals surface area contributed by atoms with Crippen LogP contribution in [0, 0.1) is 0 Å². The van der Waals surface area contributed by atoms with Crippen molar-refractivity contribution in [3.05, 3.63) is 52.2 Å². The van der Waals surface area contributed by atoms with Crippen LogP contribution in [0.15, 0.2) is 41.1 Å². The van der Waals surface area contributed by atoms with Gasteiger partial charge in [0.05, 0.1) is 19.8 Å². The summed E-state index contributed by atoms with van der Waals surface area (Å²) in [4.78, 5) is 0. The summed E-state index contributed by atoms with van der Waals surface area (Å²) in [5.74, 6) is 1.66. The van der Waals surface area contributed by atoms with Crippen LogP contribution in [0.4, 0.5) is 0 Å². The molecule has 0 unspecified atom stereocenters. The fraction of sp³-hybridized carbons (Fsp3) is 0.474. The van der Waals surface area contributed by atoms with E-state index in [0.717, 1.165) is 31.9 Å². The number of thiophene rings is 1. The van der Waals surface area contributed by atoms with E-state index in [-0.39, 0.29) is 0 Å². The van der Waals surface area contributed by atoms with Gasteiger partial charge in [0.25, 0.3) is 0 Å². The minimum atomic E-state index is 0.703. The molecule has 1 saturated heterocycles. The lowest BCUT2D eigenvalue weighted by Gasteiger charge is -2.23. The monoisotopic (exact) mass is 331 g/mol. The van der Waals surface area contributed by atoms with Crippen LogP contribution in [0.2, 0.25) is 0 Å². The zero-order chi connectivity index (χ0) is 15.7. The third-order valence-corrected chi connectivity index (χ3v) is 4.97. The molecule has 1 aromatic heterocycles. The third kappa shape index (κ3) is 5.34. The van der Waals surface area contributed by atoms with Crippen molar-refractivity contribution in [1.29, 1.82) is 0 Å². The molecule has 0 saturated carbocycles. The average molecular weight is 331 g/mol. The molecular weight excluding hydrogens is 306 g/mol. The normalized spacial score (nSPS) is 15.7. The first-order chi connectivity index (χ1) is 11.4. The summed E-state index contributed by atoms with van der Waals surface area (Å²) in [6, 6.07) is 10.7. The van der Waals surface area contributed by atoms with E-state index in [9.17, 15) is 0 Å². The Bertz CT molecular complexity index is 547. The van der Waals surface area contributed by atoms with Crippen LogP contribution < -0.4 is 10.1 Å². The molecule has 1 fully saturated rings. The summed E-state index contributed by atoms with van der Waals surface area (Å²) in [7, 11) is 0. The zero-order valence-electron chi connectivity index (χ0n) is 13.5. The molecule has 0 aliphatic carbocycles. The fourth-order valence-electron chi connectivity index (χ4n) is 2.91. The summed E-state index contributed by atoms with van der Waals surface area (Å²) in [5.41, 5.74) is 2.70. The van der Waals surface area contributed by atoms with Crippen molar-refractivity contribution in [2.45, 2.75) is 31.8 Å². The lowest BCUT2D eigenvalue weighted by atomic mass is 9.90. The minimum absolute atomic E-state index is 0.703. The highest BCUT2D eigenvalue weighted by molar-refractivity contribution is 7.07. The first-order valence-electron chi connectivity index (χ1n) is 8.44. The second-order valence-electron chi connectivity index (χ2n) is 5.98. The van der Waals surface area contributed by atoms with E-state index in [0.29, 0.717) is 19.1 Å². The van der Waals surface area contributed by atoms with E-state index in [1.54, 1.807) is 11.3 Å². The molecule has 2 heterocycles. The van der Waals surface area contributed by atoms with Crippen LogP contribution in [0.25, 0.3) is 0 Å². The predicted molar refractivity (Wildman–Crippen MR) is 95.4 cm³/mol. The van der Waals surface area contributed by atoms with Crippen LogP contribution in [0.3, 0.4) is 0 Å². The second kappa shape index (κ2) is 9.06. The van der Waals surface area contributed by atoms with Crippen LogP contribution in [-0.2, 0) is 11.3 Å². The molecule has 4 heteroatoms. The second-order valence-corrected chi connectivity index (χ2v) is 6.76. The quantitative estimate of drug-likeness (QED) is 0.735. The number of nitrogens with one attached hydrogen (secondary N) is 1. The molecule has 124 valence electrons. The Hall–Kier alpha value is -1.36. The maximum absolute atomic E-state index is 5.80. The van der Waals surface area contributed by atoms with Gasteiger partial charge in [0, 0.05) is 6.42 Å². The Labute approximate surface area is 142 Å². The van der Waals surface area contributed by atoms with Crippen LogP contribution in [0.5, 0.6) is 5.75 Å². The molecule has 0 spiro atoms. The van der Waals surface area contributed by atoms with Crippen molar-refractivity contribution >= 4 is 11.3 Å². The SMILES string of the molecule is c1cc(COCCCOc2ccc(C3CCNCC3)cc2)cs1. The lowest BCUT2D eigenvalue weighted by molar-refractivity contribution is 0.107. The fourth-order valence-corrected chi connectivity index (χ4v) is 3.56. The molecule has 1 aliphatic heterocycles. The maximum atomic E-state index is 5.80. The first kappa shape index (κ1) is 16.5.